The van der Waals surface area contributed by atoms with Crippen molar-refractivity contribution in [3.63, 3.8) is 0 Å². The van der Waals surface area contributed by atoms with Gasteiger partial charge in [0.25, 0.3) is 0 Å². The van der Waals surface area contributed by atoms with Gasteiger partial charge in [0.15, 0.2) is 0 Å². The van der Waals surface area contributed by atoms with Crippen LogP contribution in [-0.2, 0) is 19.9 Å². The molecule has 0 aromatic carbocycles. The number of hydrogen-bond donors (Lipinski definition) is 2. The van der Waals surface area contributed by atoms with Crippen LogP contribution in [0.1, 0.15) is 13.8 Å². The average molecular weight is 246 g/mol. The Bertz CT molecular complexity index is 265. The van der Waals surface area contributed by atoms with Gasteiger partial charge in [-0.2, -0.15) is 0 Å². The lowest BCUT2D eigenvalue weighted by atomic mass is 10.4. The Morgan fingerprint density at radius 3 is 1.67 bits per heavy atom. The van der Waals surface area contributed by atoms with Crippen molar-refractivity contribution < 1.29 is 27.1 Å². The molecule has 0 atom stereocenters. The molecule has 0 aliphatic carbocycles. The summed E-state index contributed by atoms with van der Waals surface area (Å²) in [5, 5.41) is 0. The number of rotatable bonds is 2. The van der Waals surface area contributed by atoms with Gasteiger partial charge < -0.3 is 26.1 Å². The third-order valence-corrected chi connectivity index (χ3v) is 0.624. The number of esters is 1. The molecule has 0 aliphatic rings. The summed E-state index contributed by atoms with van der Waals surface area (Å²) in [5.74, 6) is -0.312. The Balaban J connectivity index is -0.0000000770. The van der Waals surface area contributed by atoms with Crippen LogP contribution in [0.5, 0.6) is 0 Å². The summed E-state index contributed by atoms with van der Waals surface area (Å²) in [6, 6.07) is 0. The highest BCUT2D eigenvalue weighted by atomic mass is 32.3. The monoisotopic (exact) mass is 246 g/mol. The lowest BCUT2D eigenvalue weighted by Crippen LogP contribution is -2.03. The van der Waals surface area contributed by atoms with E-state index >= 15 is 0 Å². The molecule has 0 aromatic heterocycles. The number of carbonyl (C=O) groups is 1. The first-order chi connectivity index (χ1) is 5.68. The maximum Gasteiger partial charge on any atom is 0.333 e. The van der Waals surface area contributed by atoms with Gasteiger partial charge in [0.1, 0.15) is 0 Å². The molecule has 0 radical (unpaired) electrons. The molecule has 9 heteroatoms. The van der Waals surface area contributed by atoms with Crippen molar-refractivity contribution in [3.8, 4) is 0 Å². The standard InChI is InChI=1S/C6H10O2.2H3N.H2O4S/c1-4-8-6(7)5(2)3;;;1-5(2,3)4/h2,4H2,1,3H3;2*1H3;(H2,1,2,3,4). The second kappa shape index (κ2) is 11.1. The number of carbonyl (C=O) groups excluding carboxylic acids is 1. The highest BCUT2D eigenvalue weighted by molar-refractivity contribution is 7.79. The highest BCUT2D eigenvalue weighted by Gasteiger charge is 1.98. The fourth-order valence-corrected chi connectivity index (χ4v) is 0.254. The van der Waals surface area contributed by atoms with Gasteiger partial charge in [-0.05, 0) is 13.8 Å². The largest absolute Gasteiger partial charge is 0.759 e. The van der Waals surface area contributed by atoms with Crippen molar-refractivity contribution in [3.05, 3.63) is 12.2 Å². The van der Waals surface area contributed by atoms with Crippen molar-refractivity contribution in [1.82, 2.24) is 12.3 Å². The van der Waals surface area contributed by atoms with Crippen LogP contribution in [0.4, 0.5) is 0 Å². The second-order valence-corrected chi connectivity index (χ2v) is 2.73. The molecule has 0 spiro atoms. The fraction of sp³-hybridized carbons (Fsp3) is 0.500. The van der Waals surface area contributed by atoms with E-state index in [1.807, 2.05) is 0 Å². The molecule has 8 nitrogen and oxygen atoms in total. The zero-order chi connectivity index (χ0) is 11.1. The molecular formula is C6H18N2O6S. The normalized spacial score (nSPS) is 8.27. The average Bonchev–Trinajstić information content (AvgIpc) is 1.84. The molecule has 15 heavy (non-hydrogen) atoms. The van der Waals surface area contributed by atoms with Crippen LogP contribution in [-0.4, -0.2) is 30.1 Å². The van der Waals surface area contributed by atoms with Gasteiger partial charge in [-0.25, -0.2) is 4.79 Å². The van der Waals surface area contributed by atoms with Crippen LogP contribution < -0.4 is 12.3 Å². The molecule has 94 valence electrons. The Morgan fingerprint density at radius 1 is 1.33 bits per heavy atom. The van der Waals surface area contributed by atoms with Crippen molar-refractivity contribution in [2.75, 3.05) is 6.61 Å². The topological polar surface area (TPSA) is 180 Å². The van der Waals surface area contributed by atoms with Crippen LogP contribution in [0.25, 0.3) is 0 Å². The van der Waals surface area contributed by atoms with Crippen LogP contribution in [0.3, 0.4) is 0 Å². The molecule has 0 fully saturated rings. The van der Waals surface area contributed by atoms with Gasteiger partial charge >= 0.3 is 5.97 Å². The van der Waals surface area contributed by atoms with Crippen LogP contribution in [0, 0.1) is 0 Å². The Morgan fingerprint density at radius 2 is 1.60 bits per heavy atom. The fourth-order valence-electron chi connectivity index (χ4n) is 0.254. The molecule has 0 saturated carbocycles. The predicted octanol–water partition coefficient (Wildman–Crippen LogP) is 0.540. The Kier molecular flexibility index (Phi) is 17.5. The first kappa shape index (κ1) is 23.7. The van der Waals surface area contributed by atoms with E-state index in [4.69, 9.17) is 17.5 Å². The third kappa shape index (κ3) is 43.7. The number of quaternary nitrogens is 2. The minimum atomic E-state index is -5.17. The van der Waals surface area contributed by atoms with Gasteiger partial charge in [-0.1, -0.05) is 6.58 Å². The zero-order valence-corrected chi connectivity index (χ0v) is 10.1. The van der Waals surface area contributed by atoms with Gasteiger partial charge in [0.2, 0.25) is 0 Å². The first-order valence-electron chi connectivity index (χ1n) is 3.17. The van der Waals surface area contributed by atoms with Crippen molar-refractivity contribution in [2.45, 2.75) is 13.8 Å². The smallest absolute Gasteiger partial charge is 0.333 e. The van der Waals surface area contributed by atoms with Gasteiger partial charge in [-0.3, -0.25) is 8.42 Å². The quantitative estimate of drug-likeness (QED) is 0.310. The molecule has 0 aromatic rings. The van der Waals surface area contributed by atoms with Gasteiger partial charge in [0.05, 0.1) is 6.61 Å². The molecule has 0 amide bonds. The van der Waals surface area contributed by atoms with Crippen LogP contribution in [0.15, 0.2) is 12.2 Å². The molecule has 8 N–H and O–H groups in total. The lowest BCUT2D eigenvalue weighted by molar-refractivity contribution is -0.138. The summed E-state index contributed by atoms with van der Waals surface area (Å²) in [6.07, 6.45) is 0. The van der Waals surface area contributed by atoms with Crippen molar-refractivity contribution >= 4 is 16.4 Å². The Labute approximate surface area is 89.1 Å². The second-order valence-electron chi connectivity index (χ2n) is 1.91. The minimum absolute atomic E-state index is 0. The van der Waals surface area contributed by atoms with Gasteiger partial charge in [-0.15, -0.1) is 0 Å². The Hall–Kier alpha value is -1.00. The molecular weight excluding hydrogens is 228 g/mol. The van der Waals surface area contributed by atoms with E-state index < -0.39 is 10.4 Å². The van der Waals surface area contributed by atoms with Crippen molar-refractivity contribution in [2.24, 2.45) is 0 Å². The summed E-state index contributed by atoms with van der Waals surface area (Å²) < 4.78 is 38.6. The van der Waals surface area contributed by atoms with E-state index in [1.54, 1.807) is 13.8 Å². The molecule has 0 unspecified atom stereocenters. The SMILES string of the molecule is C=C(C)C(=O)OCC.O=S(=O)([O-])[O-].[NH4+].[NH4+]. The lowest BCUT2D eigenvalue weighted by Gasteiger charge is -2.06. The third-order valence-electron chi connectivity index (χ3n) is 0.624. The van der Waals surface area contributed by atoms with Gasteiger partial charge in [0, 0.05) is 16.0 Å². The molecule has 0 heterocycles. The zero-order valence-electron chi connectivity index (χ0n) is 9.27. The van der Waals surface area contributed by atoms with E-state index in [1.165, 1.54) is 0 Å². The van der Waals surface area contributed by atoms with Crippen LogP contribution >= 0.6 is 0 Å². The highest BCUT2D eigenvalue weighted by Crippen LogP contribution is 1.89. The maximum absolute atomic E-state index is 10.4. The molecule has 0 rings (SSSR count). The van der Waals surface area contributed by atoms with Crippen molar-refractivity contribution in [1.29, 1.82) is 0 Å². The van der Waals surface area contributed by atoms with E-state index in [2.05, 4.69) is 11.3 Å². The summed E-state index contributed by atoms with van der Waals surface area (Å²) in [7, 11) is -5.17. The first-order valence-corrected chi connectivity index (χ1v) is 4.51. The summed E-state index contributed by atoms with van der Waals surface area (Å²) in [4.78, 5) is 10.4. The molecule has 0 aliphatic heterocycles. The van der Waals surface area contributed by atoms with E-state index in [0.29, 0.717) is 12.2 Å². The number of ether oxygens (including phenoxy) is 1. The minimum Gasteiger partial charge on any atom is -0.759 e. The van der Waals surface area contributed by atoms with E-state index in [0.717, 1.165) is 0 Å². The maximum atomic E-state index is 10.4. The summed E-state index contributed by atoms with van der Waals surface area (Å²) >= 11 is 0. The predicted molar refractivity (Wildman–Crippen MR) is 53.9 cm³/mol. The molecule has 0 saturated heterocycles. The summed E-state index contributed by atoms with van der Waals surface area (Å²) in [6.45, 7) is 7.21. The van der Waals surface area contributed by atoms with E-state index in [9.17, 15) is 4.79 Å². The number of hydrogen-bond acceptors (Lipinski definition) is 6. The molecule has 0 bridgehead atoms. The van der Waals surface area contributed by atoms with Crippen LogP contribution in [0.2, 0.25) is 0 Å². The van der Waals surface area contributed by atoms with E-state index in [-0.39, 0.29) is 18.3 Å². The summed E-state index contributed by atoms with van der Waals surface area (Å²) in [5.41, 5.74) is 0.451.